The third-order valence-corrected chi connectivity index (χ3v) is 2.66. The molecule has 0 aliphatic carbocycles. The third kappa shape index (κ3) is 4.39. The number of anilines is 2. The highest BCUT2D eigenvalue weighted by molar-refractivity contribution is 5.55. The predicted molar refractivity (Wildman–Crippen MR) is 77.8 cm³/mol. The first-order chi connectivity index (χ1) is 8.97. The molecule has 0 saturated heterocycles. The molecule has 1 rings (SSSR count). The first kappa shape index (κ1) is 15.2. The Hall–Kier alpha value is -1.85. The monoisotopic (exact) mass is 266 g/mol. The number of hydrogen-bond donors (Lipinski definition) is 1. The van der Waals surface area contributed by atoms with E-state index in [-0.39, 0.29) is 10.6 Å². The van der Waals surface area contributed by atoms with E-state index in [1.165, 1.54) is 12.1 Å². The van der Waals surface area contributed by atoms with Crippen molar-refractivity contribution >= 4 is 17.3 Å². The molecular weight excluding hydrogens is 244 g/mol. The zero-order chi connectivity index (χ0) is 14.4. The SMILES string of the molecule is CCNc1cc([N+](=O)[O-])cc(N(CC)CC(C)C)n1. The molecule has 0 atom stereocenters. The lowest BCUT2D eigenvalue weighted by molar-refractivity contribution is -0.384. The summed E-state index contributed by atoms with van der Waals surface area (Å²) in [6, 6.07) is 3.00. The zero-order valence-electron chi connectivity index (χ0n) is 12.0. The highest BCUT2D eigenvalue weighted by atomic mass is 16.6. The van der Waals surface area contributed by atoms with Gasteiger partial charge in [-0.3, -0.25) is 10.1 Å². The molecule has 19 heavy (non-hydrogen) atoms. The van der Waals surface area contributed by atoms with E-state index < -0.39 is 0 Å². The minimum absolute atomic E-state index is 0.0724. The van der Waals surface area contributed by atoms with Gasteiger partial charge in [-0.15, -0.1) is 0 Å². The average molecular weight is 266 g/mol. The molecule has 1 aromatic rings. The maximum Gasteiger partial charge on any atom is 0.276 e. The van der Waals surface area contributed by atoms with Crippen LogP contribution in [0.15, 0.2) is 12.1 Å². The molecule has 0 aliphatic rings. The van der Waals surface area contributed by atoms with E-state index in [9.17, 15) is 10.1 Å². The fourth-order valence-electron chi connectivity index (χ4n) is 1.87. The molecule has 6 heteroatoms. The van der Waals surface area contributed by atoms with Crippen LogP contribution in [0.4, 0.5) is 17.3 Å². The standard InChI is InChI=1S/C13H22N4O2/c1-5-14-12-7-11(17(18)19)8-13(15-12)16(6-2)9-10(3)4/h7-8,10H,5-6,9H2,1-4H3,(H,14,15). The van der Waals surface area contributed by atoms with Gasteiger partial charge in [0.15, 0.2) is 0 Å². The molecule has 106 valence electrons. The van der Waals surface area contributed by atoms with Gasteiger partial charge in [-0.25, -0.2) is 4.98 Å². The zero-order valence-corrected chi connectivity index (χ0v) is 12.0. The van der Waals surface area contributed by atoms with E-state index in [0.717, 1.165) is 13.1 Å². The van der Waals surface area contributed by atoms with Crippen molar-refractivity contribution in [1.82, 2.24) is 4.98 Å². The molecule has 0 unspecified atom stereocenters. The van der Waals surface area contributed by atoms with Crippen molar-refractivity contribution < 1.29 is 4.92 Å². The van der Waals surface area contributed by atoms with Crippen LogP contribution in [0.1, 0.15) is 27.7 Å². The van der Waals surface area contributed by atoms with Gasteiger partial charge in [0, 0.05) is 19.6 Å². The number of nitrogens with one attached hydrogen (secondary N) is 1. The van der Waals surface area contributed by atoms with Crippen LogP contribution in [-0.4, -0.2) is 29.5 Å². The van der Waals surface area contributed by atoms with Crippen LogP contribution < -0.4 is 10.2 Å². The molecule has 0 aromatic carbocycles. The highest BCUT2D eigenvalue weighted by Crippen LogP contribution is 2.23. The van der Waals surface area contributed by atoms with Crippen molar-refractivity contribution in [3.63, 3.8) is 0 Å². The number of nitrogens with zero attached hydrogens (tertiary/aromatic N) is 3. The van der Waals surface area contributed by atoms with Crippen LogP contribution in [-0.2, 0) is 0 Å². The number of rotatable bonds is 7. The summed E-state index contributed by atoms with van der Waals surface area (Å²) < 4.78 is 0. The summed E-state index contributed by atoms with van der Waals surface area (Å²) in [4.78, 5) is 17.1. The lowest BCUT2D eigenvalue weighted by Crippen LogP contribution is -2.28. The lowest BCUT2D eigenvalue weighted by atomic mass is 10.2. The van der Waals surface area contributed by atoms with Crippen molar-refractivity contribution in [2.75, 3.05) is 29.9 Å². The van der Waals surface area contributed by atoms with E-state index in [1.807, 2.05) is 13.8 Å². The summed E-state index contributed by atoms with van der Waals surface area (Å²) in [5.74, 6) is 1.68. The van der Waals surface area contributed by atoms with Gasteiger partial charge in [-0.1, -0.05) is 13.8 Å². The summed E-state index contributed by atoms with van der Waals surface area (Å²) in [7, 11) is 0. The van der Waals surface area contributed by atoms with E-state index >= 15 is 0 Å². The summed E-state index contributed by atoms with van der Waals surface area (Å²) in [5.41, 5.74) is 0.0724. The Morgan fingerprint density at radius 2 is 2.11 bits per heavy atom. The largest absolute Gasteiger partial charge is 0.370 e. The van der Waals surface area contributed by atoms with Gasteiger partial charge < -0.3 is 10.2 Å². The maximum absolute atomic E-state index is 11.0. The fraction of sp³-hybridized carbons (Fsp3) is 0.615. The van der Waals surface area contributed by atoms with Crippen LogP contribution >= 0.6 is 0 Å². The number of nitro groups is 1. The van der Waals surface area contributed by atoms with Gasteiger partial charge in [0.2, 0.25) is 0 Å². The van der Waals surface area contributed by atoms with Gasteiger partial charge in [0.05, 0.1) is 17.1 Å². The Bertz CT molecular complexity index is 435. The Morgan fingerprint density at radius 3 is 2.58 bits per heavy atom. The van der Waals surface area contributed by atoms with Crippen LogP contribution in [0.2, 0.25) is 0 Å². The van der Waals surface area contributed by atoms with Crippen molar-refractivity contribution in [3.8, 4) is 0 Å². The molecule has 0 aliphatic heterocycles. The molecule has 0 spiro atoms. The maximum atomic E-state index is 11.0. The van der Waals surface area contributed by atoms with Gasteiger partial charge in [-0.2, -0.15) is 0 Å². The average Bonchev–Trinajstić information content (AvgIpc) is 2.35. The summed E-state index contributed by atoms with van der Waals surface area (Å²) >= 11 is 0. The third-order valence-electron chi connectivity index (χ3n) is 2.66. The number of hydrogen-bond acceptors (Lipinski definition) is 5. The molecule has 0 radical (unpaired) electrons. The van der Waals surface area contributed by atoms with Crippen LogP contribution in [0.25, 0.3) is 0 Å². The van der Waals surface area contributed by atoms with Crippen molar-refractivity contribution in [2.45, 2.75) is 27.7 Å². The van der Waals surface area contributed by atoms with E-state index in [0.29, 0.717) is 24.1 Å². The molecule has 1 aromatic heterocycles. The molecule has 0 amide bonds. The minimum atomic E-state index is -0.380. The second kappa shape index (κ2) is 6.92. The van der Waals surface area contributed by atoms with Gasteiger partial charge >= 0.3 is 0 Å². The smallest absolute Gasteiger partial charge is 0.276 e. The fourth-order valence-corrected chi connectivity index (χ4v) is 1.87. The van der Waals surface area contributed by atoms with Gasteiger partial charge in [0.1, 0.15) is 11.6 Å². The summed E-state index contributed by atoms with van der Waals surface area (Å²) in [6.07, 6.45) is 0. The molecule has 1 N–H and O–H groups in total. The van der Waals surface area contributed by atoms with Gasteiger partial charge in [-0.05, 0) is 19.8 Å². The normalized spacial score (nSPS) is 10.6. The number of pyridine rings is 1. The summed E-state index contributed by atoms with van der Waals surface area (Å²) in [6.45, 7) is 10.5. The van der Waals surface area contributed by atoms with Crippen LogP contribution in [0.3, 0.4) is 0 Å². The Kier molecular flexibility index (Phi) is 5.54. The highest BCUT2D eigenvalue weighted by Gasteiger charge is 2.15. The quantitative estimate of drug-likeness (QED) is 0.607. The first-order valence-corrected chi connectivity index (χ1v) is 6.63. The van der Waals surface area contributed by atoms with Gasteiger partial charge in [0.25, 0.3) is 5.69 Å². The molecule has 6 nitrogen and oxygen atoms in total. The van der Waals surface area contributed by atoms with Crippen LogP contribution in [0.5, 0.6) is 0 Å². The first-order valence-electron chi connectivity index (χ1n) is 6.63. The van der Waals surface area contributed by atoms with E-state index in [2.05, 4.69) is 29.0 Å². The van der Waals surface area contributed by atoms with E-state index in [1.54, 1.807) is 0 Å². The topological polar surface area (TPSA) is 71.3 Å². The van der Waals surface area contributed by atoms with Crippen molar-refractivity contribution in [1.29, 1.82) is 0 Å². The van der Waals surface area contributed by atoms with Crippen molar-refractivity contribution in [3.05, 3.63) is 22.2 Å². The molecule has 1 heterocycles. The molecular formula is C13H22N4O2. The minimum Gasteiger partial charge on any atom is -0.370 e. The Morgan fingerprint density at radius 1 is 1.42 bits per heavy atom. The lowest BCUT2D eigenvalue weighted by Gasteiger charge is -2.24. The molecule has 0 bridgehead atoms. The number of aromatic nitrogens is 1. The summed E-state index contributed by atoms with van der Waals surface area (Å²) in [5, 5.41) is 14.0. The predicted octanol–water partition coefficient (Wildman–Crippen LogP) is 2.90. The Balaban J connectivity index is 3.12. The molecule has 0 saturated carbocycles. The molecule has 0 fully saturated rings. The Labute approximate surface area is 114 Å². The van der Waals surface area contributed by atoms with E-state index in [4.69, 9.17) is 0 Å². The van der Waals surface area contributed by atoms with Crippen LogP contribution in [0, 0.1) is 16.0 Å². The second-order valence-electron chi connectivity index (χ2n) is 4.79. The second-order valence-corrected chi connectivity index (χ2v) is 4.79. The van der Waals surface area contributed by atoms with Crippen molar-refractivity contribution in [2.24, 2.45) is 5.92 Å².